The molecule has 1 N–H and O–H groups in total. The van der Waals surface area contributed by atoms with Gasteiger partial charge in [-0.15, -0.1) is 0 Å². The molecule has 0 bridgehead atoms. The van der Waals surface area contributed by atoms with E-state index in [1.807, 2.05) is 27.7 Å². The normalized spacial score (nSPS) is 13.8. The number of sulfonamides is 1. The smallest absolute Gasteiger partial charge is 0.244 e. The molecule has 4 nitrogen and oxygen atoms in total. The number of benzene rings is 1. The zero-order chi connectivity index (χ0) is 15.5. The molecule has 6 heteroatoms. The number of hydrogen-bond donors (Lipinski definition) is 1. The average molecular weight is 364 g/mol. The van der Waals surface area contributed by atoms with Crippen LogP contribution in [0.15, 0.2) is 21.5 Å². The van der Waals surface area contributed by atoms with Crippen LogP contribution >= 0.6 is 15.9 Å². The zero-order valence-corrected chi connectivity index (χ0v) is 14.8. The first kappa shape index (κ1) is 17.6. The third kappa shape index (κ3) is 3.42. The Morgan fingerprint density at radius 2 is 1.95 bits per heavy atom. The Bertz CT molecular complexity index is 572. The van der Waals surface area contributed by atoms with Crippen LogP contribution in [0.4, 0.5) is 0 Å². The number of aryl methyl sites for hydroxylation is 1. The van der Waals surface area contributed by atoms with Crippen LogP contribution in [-0.4, -0.2) is 30.4 Å². The first-order valence-electron chi connectivity index (χ1n) is 6.71. The van der Waals surface area contributed by atoms with Crippen LogP contribution in [0.3, 0.4) is 0 Å². The van der Waals surface area contributed by atoms with E-state index in [4.69, 9.17) is 0 Å². The molecule has 20 heavy (non-hydrogen) atoms. The SMILES string of the molecule is CCC(C)N(CC)S(=O)(=O)c1cc(CO)cc(C)c1Br. The summed E-state index contributed by atoms with van der Waals surface area (Å²) < 4.78 is 27.7. The van der Waals surface area contributed by atoms with Crippen LogP contribution in [0.5, 0.6) is 0 Å². The Kier molecular flexibility index (Phi) is 6.19. The van der Waals surface area contributed by atoms with Gasteiger partial charge in [0.2, 0.25) is 10.0 Å². The van der Waals surface area contributed by atoms with Crippen molar-refractivity contribution in [1.82, 2.24) is 4.31 Å². The lowest BCUT2D eigenvalue weighted by atomic mass is 10.1. The van der Waals surface area contributed by atoms with Crippen LogP contribution in [-0.2, 0) is 16.6 Å². The Balaban J connectivity index is 3.45. The monoisotopic (exact) mass is 363 g/mol. The van der Waals surface area contributed by atoms with Gasteiger partial charge in [-0.2, -0.15) is 4.31 Å². The summed E-state index contributed by atoms with van der Waals surface area (Å²) in [6, 6.07) is 3.26. The van der Waals surface area contributed by atoms with Crippen molar-refractivity contribution in [2.24, 2.45) is 0 Å². The number of rotatable bonds is 6. The maximum Gasteiger partial charge on any atom is 0.244 e. The van der Waals surface area contributed by atoms with Gasteiger partial charge in [-0.3, -0.25) is 0 Å². The van der Waals surface area contributed by atoms with Crippen molar-refractivity contribution in [2.45, 2.75) is 51.7 Å². The molecule has 0 fully saturated rings. The molecule has 0 radical (unpaired) electrons. The molecule has 0 amide bonds. The molecule has 0 aliphatic carbocycles. The second-order valence-electron chi connectivity index (χ2n) is 4.85. The summed E-state index contributed by atoms with van der Waals surface area (Å²) in [7, 11) is -3.57. The maximum atomic E-state index is 12.8. The van der Waals surface area contributed by atoms with Crippen LogP contribution < -0.4 is 0 Å². The molecular formula is C14H22BrNO3S. The number of aliphatic hydroxyl groups is 1. The van der Waals surface area contributed by atoms with Gasteiger partial charge in [0, 0.05) is 17.1 Å². The van der Waals surface area contributed by atoms with Gasteiger partial charge in [-0.05, 0) is 53.4 Å². The summed E-state index contributed by atoms with van der Waals surface area (Å²) in [5, 5.41) is 9.27. The standard InChI is InChI=1S/C14H22BrNO3S/c1-5-11(4)16(6-2)20(18,19)13-8-12(9-17)7-10(3)14(13)15/h7-8,11,17H,5-6,9H2,1-4H3. The first-order chi connectivity index (χ1) is 9.29. The fourth-order valence-electron chi connectivity index (χ4n) is 2.14. The van der Waals surface area contributed by atoms with Gasteiger partial charge in [0.1, 0.15) is 0 Å². The fraction of sp³-hybridized carbons (Fsp3) is 0.571. The van der Waals surface area contributed by atoms with E-state index in [9.17, 15) is 13.5 Å². The Hall–Kier alpha value is -0.430. The third-order valence-corrected chi connectivity index (χ3v) is 6.87. The van der Waals surface area contributed by atoms with Crippen LogP contribution in [0, 0.1) is 6.92 Å². The van der Waals surface area contributed by atoms with Crippen molar-refractivity contribution in [3.05, 3.63) is 27.7 Å². The Morgan fingerprint density at radius 3 is 2.40 bits per heavy atom. The van der Waals surface area contributed by atoms with E-state index in [0.717, 1.165) is 12.0 Å². The van der Waals surface area contributed by atoms with E-state index < -0.39 is 10.0 Å². The van der Waals surface area contributed by atoms with Gasteiger partial charge in [0.15, 0.2) is 0 Å². The molecule has 1 aromatic carbocycles. The van der Waals surface area contributed by atoms with Crippen LogP contribution in [0.2, 0.25) is 0 Å². The number of hydrogen-bond acceptors (Lipinski definition) is 3. The van der Waals surface area contributed by atoms with Crippen molar-refractivity contribution in [3.63, 3.8) is 0 Å². The van der Waals surface area contributed by atoms with Crippen molar-refractivity contribution in [2.75, 3.05) is 6.54 Å². The lowest BCUT2D eigenvalue weighted by Gasteiger charge is -2.27. The minimum atomic E-state index is -3.57. The minimum absolute atomic E-state index is 0.0602. The summed E-state index contributed by atoms with van der Waals surface area (Å²) in [6.45, 7) is 7.77. The first-order valence-corrected chi connectivity index (χ1v) is 8.94. The van der Waals surface area contributed by atoms with Gasteiger partial charge < -0.3 is 5.11 Å². The van der Waals surface area contributed by atoms with Gasteiger partial charge in [-0.1, -0.05) is 19.9 Å². The Morgan fingerprint density at radius 1 is 1.35 bits per heavy atom. The quantitative estimate of drug-likeness (QED) is 0.844. The topological polar surface area (TPSA) is 57.6 Å². The summed E-state index contributed by atoms with van der Waals surface area (Å²) in [6.07, 6.45) is 0.753. The summed E-state index contributed by atoms with van der Waals surface area (Å²) in [5.74, 6) is 0. The van der Waals surface area contributed by atoms with E-state index in [1.54, 1.807) is 6.07 Å². The highest BCUT2D eigenvalue weighted by molar-refractivity contribution is 9.10. The van der Waals surface area contributed by atoms with Crippen LogP contribution in [0.1, 0.15) is 38.3 Å². The van der Waals surface area contributed by atoms with Crippen molar-refractivity contribution in [1.29, 1.82) is 0 Å². The van der Waals surface area contributed by atoms with E-state index in [1.165, 1.54) is 10.4 Å². The molecule has 0 heterocycles. The fourth-order valence-corrected chi connectivity index (χ4v) is 4.88. The van der Waals surface area contributed by atoms with Crippen molar-refractivity contribution < 1.29 is 13.5 Å². The van der Waals surface area contributed by atoms with Crippen molar-refractivity contribution in [3.8, 4) is 0 Å². The van der Waals surface area contributed by atoms with Gasteiger partial charge in [0.25, 0.3) is 0 Å². The largest absolute Gasteiger partial charge is 0.392 e. The summed E-state index contributed by atoms with van der Waals surface area (Å²) in [5.41, 5.74) is 1.40. The average Bonchev–Trinajstić information content (AvgIpc) is 2.41. The molecule has 1 atom stereocenters. The number of nitrogens with zero attached hydrogens (tertiary/aromatic N) is 1. The molecule has 0 aliphatic rings. The Labute approximate surface area is 130 Å². The highest BCUT2D eigenvalue weighted by Crippen LogP contribution is 2.30. The molecular weight excluding hydrogens is 342 g/mol. The number of halogens is 1. The lowest BCUT2D eigenvalue weighted by Crippen LogP contribution is -2.38. The highest BCUT2D eigenvalue weighted by Gasteiger charge is 2.29. The molecule has 1 unspecified atom stereocenters. The molecule has 0 saturated heterocycles. The second-order valence-corrected chi connectivity index (χ2v) is 7.50. The molecule has 0 aliphatic heterocycles. The van der Waals surface area contributed by atoms with E-state index >= 15 is 0 Å². The van der Waals surface area contributed by atoms with Gasteiger partial charge in [0.05, 0.1) is 11.5 Å². The lowest BCUT2D eigenvalue weighted by molar-refractivity contribution is 0.281. The second kappa shape index (κ2) is 7.02. The summed E-state index contributed by atoms with van der Waals surface area (Å²) >= 11 is 3.36. The molecule has 1 aromatic rings. The van der Waals surface area contributed by atoms with Crippen molar-refractivity contribution >= 4 is 26.0 Å². The van der Waals surface area contributed by atoms with Gasteiger partial charge >= 0.3 is 0 Å². The van der Waals surface area contributed by atoms with Crippen LogP contribution in [0.25, 0.3) is 0 Å². The maximum absolute atomic E-state index is 12.8. The van der Waals surface area contributed by atoms with E-state index in [2.05, 4.69) is 15.9 Å². The molecule has 114 valence electrons. The van der Waals surface area contributed by atoms with E-state index in [0.29, 0.717) is 16.6 Å². The van der Waals surface area contributed by atoms with Gasteiger partial charge in [-0.25, -0.2) is 8.42 Å². The zero-order valence-electron chi connectivity index (χ0n) is 12.4. The molecule has 0 saturated carbocycles. The number of aliphatic hydroxyl groups excluding tert-OH is 1. The highest BCUT2D eigenvalue weighted by atomic mass is 79.9. The minimum Gasteiger partial charge on any atom is -0.392 e. The van der Waals surface area contributed by atoms with E-state index in [-0.39, 0.29) is 17.5 Å². The molecule has 0 aromatic heterocycles. The predicted molar refractivity (Wildman–Crippen MR) is 84.1 cm³/mol. The predicted octanol–water partition coefficient (Wildman–Crippen LogP) is 3.06. The molecule has 1 rings (SSSR count). The third-order valence-electron chi connectivity index (χ3n) is 3.44. The summed E-state index contributed by atoms with van der Waals surface area (Å²) in [4.78, 5) is 0.226. The molecule has 0 spiro atoms.